The molecule has 1 aromatic carbocycles. The lowest BCUT2D eigenvalue weighted by molar-refractivity contribution is -0.121. The molecular weight excluding hydrogens is 406 g/mol. The van der Waals surface area contributed by atoms with Crippen LogP contribution in [0.5, 0.6) is 0 Å². The Labute approximate surface area is 178 Å². The highest BCUT2D eigenvalue weighted by Crippen LogP contribution is 2.46. The molecule has 3 heterocycles. The number of benzene rings is 1. The van der Waals surface area contributed by atoms with Gasteiger partial charge in [0, 0.05) is 32.4 Å². The second-order valence-electron chi connectivity index (χ2n) is 7.15. The number of carbonyl (C=O) groups is 1. The zero-order valence-corrected chi connectivity index (χ0v) is 18.4. The fourth-order valence-corrected chi connectivity index (χ4v) is 5.06. The summed E-state index contributed by atoms with van der Waals surface area (Å²) in [5, 5.41) is 7.74. The summed E-state index contributed by atoms with van der Waals surface area (Å²) in [6, 6.07) is 7.23. The molecule has 1 atom stereocenters. The van der Waals surface area contributed by atoms with Crippen LogP contribution in [0.25, 0.3) is 10.4 Å². The number of aromatic nitrogens is 1. The lowest BCUT2D eigenvalue weighted by Gasteiger charge is -2.12. The third kappa shape index (κ3) is 3.51. The number of hydrogen-bond donors (Lipinski definition) is 1. The number of amides is 1. The Morgan fingerprint density at radius 2 is 1.93 bits per heavy atom. The summed E-state index contributed by atoms with van der Waals surface area (Å²) in [6.45, 7) is 8.65. The first-order chi connectivity index (χ1) is 13.9. The van der Waals surface area contributed by atoms with Crippen molar-refractivity contribution < 1.29 is 9.32 Å². The maximum atomic E-state index is 12.4. The summed E-state index contributed by atoms with van der Waals surface area (Å²) in [7, 11) is 0. The van der Waals surface area contributed by atoms with Gasteiger partial charge < -0.3 is 9.84 Å². The highest BCUT2D eigenvalue weighted by atomic mass is 35.5. The van der Waals surface area contributed by atoms with E-state index in [4.69, 9.17) is 21.1 Å². The van der Waals surface area contributed by atoms with Crippen LogP contribution in [0.3, 0.4) is 0 Å². The van der Waals surface area contributed by atoms with Crippen molar-refractivity contribution in [2.75, 3.05) is 6.54 Å². The van der Waals surface area contributed by atoms with E-state index in [1.165, 1.54) is 10.4 Å². The minimum absolute atomic E-state index is 0.0603. The number of halogens is 1. The van der Waals surface area contributed by atoms with Gasteiger partial charge in [-0.2, -0.15) is 0 Å². The maximum absolute atomic E-state index is 12.4. The van der Waals surface area contributed by atoms with Crippen LogP contribution in [-0.4, -0.2) is 23.3 Å². The fraction of sp³-hybridized carbons (Fsp3) is 0.318. The van der Waals surface area contributed by atoms with E-state index in [-0.39, 0.29) is 12.3 Å². The molecule has 3 aromatic rings. The molecule has 0 fully saturated rings. The van der Waals surface area contributed by atoms with Gasteiger partial charge in [0.25, 0.3) is 0 Å². The van der Waals surface area contributed by atoms with Gasteiger partial charge in [0.2, 0.25) is 5.91 Å². The number of aliphatic imine (C=N–C) groups is 1. The molecule has 1 amide bonds. The van der Waals surface area contributed by atoms with Crippen molar-refractivity contribution >= 4 is 34.6 Å². The number of rotatable bonds is 4. The van der Waals surface area contributed by atoms with Crippen molar-refractivity contribution in [2.45, 2.75) is 40.2 Å². The van der Waals surface area contributed by atoms with E-state index in [1.807, 2.05) is 38.1 Å². The zero-order chi connectivity index (χ0) is 20.7. The average Bonchev–Trinajstić information content (AvgIpc) is 3.15. The molecule has 0 bridgehead atoms. The summed E-state index contributed by atoms with van der Waals surface area (Å²) in [5.74, 6) is 0.593. The Kier molecular flexibility index (Phi) is 5.32. The number of carbonyl (C=O) groups excluding carboxylic acids is 1. The molecule has 1 N–H and O–H groups in total. The molecule has 0 spiro atoms. The lowest BCUT2D eigenvalue weighted by Crippen LogP contribution is -2.24. The number of nitrogens with zero attached hydrogens (tertiary/aromatic N) is 2. The van der Waals surface area contributed by atoms with Gasteiger partial charge in [-0.15, -0.1) is 11.3 Å². The van der Waals surface area contributed by atoms with Crippen molar-refractivity contribution in [3.8, 4) is 10.4 Å². The minimum atomic E-state index is -0.442. The molecule has 5 nitrogen and oxygen atoms in total. The maximum Gasteiger partial charge on any atom is 0.222 e. The van der Waals surface area contributed by atoms with Gasteiger partial charge in [0.05, 0.1) is 23.4 Å². The van der Waals surface area contributed by atoms with E-state index >= 15 is 0 Å². The van der Waals surface area contributed by atoms with Crippen LogP contribution >= 0.6 is 22.9 Å². The van der Waals surface area contributed by atoms with E-state index in [1.54, 1.807) is 11.3 Å². The van der Waals surface area contributed by atoms with Crippen LogP contribution in [-0.2, 0) is 4.79 Å². The molecule has 2 aromatic heterocycles. The summed E-state index contributed by atoms with van der Waals surface area (Å²) < 4.78 is 5.72. The predicted octanol–water partition coefficient (Wildman–Crippen LogP) is 5.40. The van der Waals surface area contributed by atoms with Crippen molar-refractivity contribution in [1.29, 1.82) is 0 Å². The van der Waals surface area contributed by atoms with Gasteiger partial charge in [-0.1, -0.05) is 28.9 Å². The number of fused-ring (bicyclic) bond motifs is 3. The highest BCUT2D eigenvalue weighted by molar-refractivity contribution is 7.16. The van der Waals surface area contributed by atoms with Crippen molar-refractivity contribution in [2.24, 2.45) is 4.99 Å². The van der Waals surface area contributed by atoms with Gasteiger partial charge in [-0.05, 0) is 45.4 Å². The third-order valence-corrected chi connectivity index (χ3v) is 6.67. The van der Waals surface area contributed by atoms with Crippen molar-refractivity contribution in [3.05, 3.63) is 62.3 Å². The first kappa shape index (κ1) is 19.9. The van der Waals surface area contributed by atoms with Crippen LogP contribution in [0.2, 0.25) is 5.02 Å². The lowest BCUT2D eigenvalue weighted by atomic mass is 9.96. The normalized spacial score (nSPS) is 15.3. The molecule has 150 valence electrons. The number of hydrogen-bond acceptors (Lipinski definition) is 5. The molecule has 0 saturated heterocycles. The molecule has 0 unspecified atom stereocenters. The van der Waals surface area contributed by atoms with Gasteiger partial charge in [-0.25, -0.2) is 0 Å². The van der Waals surface area contributed by atoms with E-state index < -0.39 is 6.04 Å². The third-order valence-electron chi connectivity index (χ3n) is 5.20. The molecule has 4 rings (SSSR count). The van der Waals surface area contributed by atoms with Crippen molar-refractivity contribution in [1.82, 2.24) is 10.5 Å². The van der Waals surface area contributed by atoms with E-state index in [0.717, 1.165) is 33.0 Å². The molecule has 0 radical (unpaired) electrons. The summed E-state index contributed by atoms with van der Waals surface area (Å²) >= 11 is 7.83. The average molecular weight is 428 g/mol. The van der Waals surface area contributed by atoms with Gasteiger partial charge in [-0.3, -0.25) is 9.79 Å². The number of nitrogens with one attached hydrogen (secondary N) is 1. The fourth-order valence-electron chi connectivity index (χ4n) is 3.67. The van der Waals surface area contributed by atoms with Crippen LogP contribution in [0.15, 0.2) is 33.8 Å². The first-order valence-corrected chi connectivity index (χ1v) is 10.8. The topological polar surface area (TPSA) is 67.5 Å². The van der Waals surface area contributed by atoms with E-state index in [9.17, 15) is 4.79 Å². The largest absolute Gasteiger partial charge is 0.358 e. The summed E-state index contributed by atoms with van der Waals surface area (Å²) in [5.41, 5.74) is 5.87. The van der Waals surface area contributed by atoms with Crippen LogP contribution in [0.4, 0.5) is 0 Å². The van der Waals surface area contributed by atoms with Crippen LogP contribution in [0, 0.1) is 20.8 Å². The summed E-state index contributed by atoms with van der Waals surface area (Å²) in [6.07, 6.45) is 0.208. The van der Waals surface area contributed by atoms with E-state index in [2.05, 4.69) is 24.3 Å². The Bertz CT molecular complexity index is 1110. The second-order valence-corrected chi connectivity index (χ2v) is 8.81. The molecule has 1 aliphatic rings. The predicted molar refractivity (Wildman–Crippen MR) is 117 cm³/mol. The monoisotopic (exact) mass is 427 g/mol. The SMILES string of the molecule is CCNC(=O)C[C@H]1N=C(c2ccc(Cl)cc2)c2c(sc(C)c2C)-c2c(C)noc21. The second kappa shape index (κ2) is 7.76. The van der Waals surface area contributed by atoms with Gasteiger partial charge >= 0.3 is 0 Å². The first-order valence-electron chi connectivity index (χ1n) is 9.58. The zero-order valence-electron chi connectivity index (χ0n) is 16.8. The molecular formula is C22H22ClN3O2S. The van der Waals surface area contributed by atoms with Crippen molar-refractivity contribution in [3.63, 3.8) is 0 Å². The van der Waals surface area contributed by atoms with Crippen LogP contribution in [0.1, 0.15) is 52.4 Å². The molecule has 7 heteroatoms. The van der Waals surface area contributed by atoms with Crippen LogP contribution < -0.4 is 5.32 Å². The van der Waals surface area contributed by atoms with E-state index in [0.29, 0.717) is 17.3 Å². The Morgan fingerprint density at radius 3 is 2.62 bits per heavy atom. The Morgan fingerprint density at radius 1 is 1.21 bits per heavy atom. The molecule has 0 saturated carbocycles. The highest BCUT2D eigenvalue weighted by Gasteiger charge is 2.34. The van der Waals surface area contributed by atoms with Gasteiger partial charge in [0.15, 0.2) is 5.76 Å². The minimum Gasteiger partial charge on any atom is -0.358 e. The number of thiophene rings is 1. The smallest absolute Gasteiger partial charge is 0.222 e. The Balaban J connectivity index is 1.96. The standard InChI is InChI=1S/C22H22ClN3O2S/c1-5-24-17(27)10-16-21-19(12(3)26-28-21)22-18(11(2)13(4)29-22)20(25-16)14-6-8-15(23)9-7-14/h6-9,16H,5,10H2,1-4H3,(H,24,27)/t16-/m1/s1. The Hall–Kier alpha value is -2.44. The molecule has 1 aliphatic heterocycles. The summed E-state index contributed by atoms with van der Waals surface area (Å²) in [4.78, 5) is 19.8. The number of aryl methyl sites for hydroxylation is 2. The molecule has 0 aliphatic carbocycles. The van der Waals surface area contributed by atoms with Gasteiger partial charge in [0.1, 0.15) is 6.04 Å². The quantitative estimate of drug-likeness (QED) is 0.606. The molecule has 29 heavy (non-hydrogen) atoms.